The summed E-state index contributed by atoms with van der Waals surface area (Å²) >= 11 is 0. The van der Waals surface area contributed by atoms with Crippen LogP contribution >= 0.6 is 0 Å². The Labute approximate surface area is 79.1 Å². The SMILES string of the molecule is FC(F)(F)c1ccc2c(c1)CNNC2. The first-order valence-electron chi connectivity index (χ1n) is 4.22. The van der Waals surface area contributed by atoms with E-state index in [-0.39, 0.29) is 0 Å². The first-order valence-corrected chi connectivity index (χ1v) is 4.22. The highest BCUT2D eigenvalue weighted by molar-refractivity contribution is 5.34. The van der Waals surface area contributed by atoms with Gasteiger partial charge in [0.2, 0.25) is 0 Å². The third-order valence-electron chi connectivity index (χ3n) is 2.22. The number of halogens is 3. The van der Waals surface area contributed by atoms with E-state index in [4.69, 9.17) is 0 Å². The van der Waals surface area contributed by atoms with Crippen LogP contribution in [0.5, 0.6) is 0 Å². The summed E-state index contributed by atoms with van der Waals surface area (Å²) in [6, 6.07) is 3.83. The molecule has 14 heavy (non-hydrogen) atoms. The van der Waals surface area contributed by atoms with Crippen LogP contribution in [-0.4, -0.2) is 0 Å². The number of hydrogen-bond donors (Lipinski definition) is 2. The molecule has 2 rings (SSSR count). The number of hydrogen-bond acceptors (Lipinski definition) is 2. The fourth-order valence-corrected chi connectivity index (χ4v) is 1.45. The van der Waals surface area contributed by atoms with Crippen LogP contribution in [0.4, 0.5) is 13.2 Å². The Bertz CT molecular complexity index is 346. The Morgan fingerprint density at radius 1 is 1.00 bits per heavy atom. The van der Waals surface area contributed by atoms with E-state index in [2.05, 4.69) is 10.9 Å². The molecule has 1 aromatic rings. The molecule has 5 heteroatoms. The molecule has 0 radical (unpaired) electrons. The second kappa shape index (κ2) is 3.25. The third-order valence-corrected chi connectivity index (χ3v) is 2.22. The largest absolute Gasteiger partial charge is 0.416 e. The molecule has 0 bridgehead atoms. The average molecular weight is 202 g/mol. The highest BCUT2D eigenvalue weighted by Gasteiger charge is 2.31. The lowest BCUT2D eigenvalue weighted by Crippen LogP contribution is -2.35. The second-order valence-corrected chi connectivity index (χ2v) is 3.19. The van der Waals surface area contributed by atoms with Crippen LogP contribution in [0, 0.1) is 0 Å². The Balaban J connectivity index is 2.39. The van der Waals surface area contributed by atoms with E-state index >= 15 is 0 Å². The van der Waals surface area contributed by atoms with Gasteiger partial charge < -0.3 is 0 Å². The van der Waals surface area contributed by atoms with Gasteiger partial charge in [0, 0.05) is 13.1 Å². The van der Waals surface area contributed by atoms with Crippen LogP contribution in [0.1, 0.15) is 16.7 Å². The number of rotatable bonds is 0. The van der Waals surface area contributed by atoms with Crippen molar-refractivity contribution in [2.45, 2.75) is 19.3 Å². The van der Waals surface area contributed by atoms with Gasteiger partial charge in [0.1, 0.15) is 0 Å². The Morgan fingerprint density at radius 2 is 1.64 bits per heavy atom. The van der Waals surface area contributed by atoms with Gasteiger partial charge in [0.25, 0.3) is 0 Å². The van der Waals surface area contributed by atoms with Gasteiger partial charge in [0.05, 0.1) is 5.56 Å². The molecule has 1 heterocycles. The van der Waals surface area contributed by atoms with Gasteiger partial charge in [-0.2, -0.15) is 13.2 Å². The summed E-state index contributed by atoms with van der Waals surface area (Å²) in [7, 11) is 0. The first kappa shape index (κ1) is 9.48. The van der Waals surface area contributed by atoms with Crippen molar-refractivity contribution in [1.29, 1.82) is 0 Å². The van der Waals surface area contributed by atoms with E-state index in [1.54, 1.807) is 0 Å². The predicted molar refractivity (Wildman–Crippen MR) is 45.1 cm³/mol. The number of benzene rings is 1. The highest BCUT2D eigenvalue weighted by Crippen LogP contribution is 2.30. The lowest BCUT2D eigenvalue weighted by molar-refractivity contribution is -0.137. The molecule has 2 nitrogen and oxygen atoms in total. The summed E-state index contributed by atoms with van der Waals surface area (Å²) in [6.07, 6.45) is -4.25. The van der Waals surface area contributed by atoms with Gasteiger partial charge in [-0.1, -0.05) is 6.07 Å². The molecule has 0 fully saturated rings. The molecule has 1 aliphatic heterocycles. The minimum atomic E-state index is -4.25. The van der Waals surface area contributed by atoms with Crippen molar-refractivity contribution in [2.24, 2.45) is 0 Å². The predicted octanol–water partition coefficient (Wildman–Crippen LogP) is 1.81. The zero-order valence-corrected chi connectivity index (χ0v) is 7.28. The van der Waals surface area contributed by atoms with E-state index < -0.39 is 11.7 Å². The lowest BCUT2D eigenvalue weighted by atomic mass is 10.0. The Kier molecular flexibility index (Phi) is 2.20. The normalized spacial score (nSPS) is 16.5. The van der Waals surface area contributed by atoms with Gasteiger partial charge in [-0.3, -0.25) is 10.9 Å². The standard InChI is InChI=1S/C9H9F3N2/c10-9(11,12)8-2-1-6-4-13-14-5-7(6)3-8/h1-3,13-14H,4-5H2. The van der Waals surface area contributed by atoms with Gasteiger partial charge in [-0.25, -0.2) is 0 Å². The van der Waals surface area contributed by atoms with E-state index in [9.17, 15) is 13.2 Å². The van der Waals surface area contributed by atoms with Gasteiger partial charge in [-0.05, 0) is 23.3 Å². The molecule has 0 saturated carbocycles. The fraction of sp³-hybridized carbons (Fsp3) is 0.333. The smallest absolute Gasteiger partial charge is 0.253 e. The van der Waals surface area contributed by atoms with Gasteiger partial charge in [-0.15, -0.1) is 0 Å². The van der Waals surface area contributed by atoms with E-state index in [1.807, 2.05) is 0 Å². The van der Waals surface area contributed by atoms with Crippen LogP contribution in [0.3, 0.4) is 0 Å². The number of nitrogens with one attached hydrogen (secondary N) is 2. The molecular formula is C9H9F3N2. The third kappa shape index (κ3) is 1.73. The lowest BCUT2D eigenvalue weighted by Gasteiger charge is -2.19. The van der Waals surface area contributed by atoms with Crippen molar-refractivity contribution in [3.05, 3.63) is 34.9 Å². The highest BCUT2D eigenvalue weighted by atomic mass is 19.4. The van der Waals surface area contributed by atoms with Crippen molar-refractivity contribution >= 4 is 0 Å². The minimum absolute atomic E-state index is 0.430. The summed E-state index contributed by atoms with van der Waals surface area (Å²) in [4.78, 5) is 0. The molecule has 76 valence electrons. The zero-order chi connectivity index (χ0) is 10.2. The fourth-order valence-electron chi connectivity index (χ4n) is 1.45. The Hall–Kier alpha value is -1.07. The molecule has 0 amide bonds. The molecular weight excluding hydrogens is 193 g/mol. The summed E-state index contributed by atoms with van der Waals surface area (Å²) in [6.45, 7) is 0.993. The van der Waals surface area contributed by atoms with Gasteiger partial charge >= 0.3 is 6.18 Å². The monoisotopic (exact) mass is 202 g/mol. The summed E-state index contributed by atoms with van der Waals surface area (Å²) in [5.41, 5.74) is 6.71. The van der Waals surface area contributed by atoms with Crippen molar-refractivity contribution in [1.82, 2.24) is 10.9 Å². The molecule has 0 atom stereocenters. The summed E-state index contributed by atoms with van der Waals surface area (Å²) in [5.74, 6) is 0. The van der Waals surface area contributed by atoms with Crippen molar-refractivity contribution in [2.75, 3.05) is 0 Å². The van der Waals surface area contributed by atoms with Crippen LogP contribution in [0.15, 0.2) is 18.2 Å². The molecule has 1 aromatic carbocycles. The summed E-state index contributed by atoms with van der Waals surface area (Å²) < 4.78 is 37.0. The van der Waals surface area contributed by atoms with Crippen molar-refractivity contribution in [3.8, 4) is 0 Å². The maximum Gasteiger partial charge on any atom is 0.416 e. The van der Waals surface area contributed by atoms with Crippen LogP contribution in [0.25, 0.3) is 0 Å². The van der Waals surface area contributed by atoms with Gasteiger partial charge in [0.15, 0.2) is 0 Å². The van der Waals surface area contributed by atoms with E-state index in [1.165, 1.54) is 12.1 Å². The quantitative estimate of drug-likeness (QED) is 0.670. The van der Waals surface area contributed by atoms with E-state index in [0.717, 1.165) is 11.6 Å². The second-order valence-electron chi connectivity index (χ2n) is 3.19. The van der Waals surface area contributed by atoms with E-state index in [0.29, 0.717) is 18.7 Å². The van der Waals surface area contributed by atoms with Crippen LogP contribution < -0.4 is 10.9 Å². The molecule has 1 aliphatic rings. The first-order chi connectivity index (χ1) is 6.57. The van der Waals surface area contributed by atoms with Crippen molar-refractivity contribution in [3.63, 3.8) is 0 Å². The molecule has 0 saturated heterocycles. The topological polar surface area (TPSA) is 24.1 Å². The number of fused-ring (bicyclic) bond motifs is 1. The van der Waals surface area contributed by atoms with Crippen molar-refractivity contribution < 1.29 is 13.2 Å². The molecule has 0 spiro atoms. The average Bonchev–Trinajstić information content (AvgIpc) is 2.16. The summed E-state index contributed by atoms with van der Waals surface area (Å²) in [5, 5.41) is 0. The maximum absolute atomic E-state index is 12.3. The molecule has 0 unspecified atom stereocenters. The number of alkyl halides is 3. The maximum atomic E-state index is 12.3. The molecule has 2 N–H and O–H groups in total. The minimum Gasteiger partial charge on any atom is -0.253 e. The molecule has 0 aromatic heterocycles. The zero-order valence-electron chi connectivity index (χ0n) is 7.28. The van der Waals surface area contributed by atoms with Crippen LogP contribution in [-0.2, 0) is 19.3 Å². The Morgan fingerprint density at radius 3 is 2.29 bits per heavy atom. The number of hydrazine groups is 1. The molecule has 0 aliphatic carbocycles. The van der Waals surface area contributed by atoms with Crippen LogP contribution in [0.2, 0.25) is 0 Å².